The number of ether oxygens (including phenoxy) is 1. The number of rotatable bonds is 4. The number of carbonyl (C=O) groups excluding carboxylic acids is 2. The molecule has 1 aliphatic rings. The highest BCUT2D eigenvalue weighted by molar-refractivity contribution is 5.98. The summed E-state index contributed by atoms with van der Waals surface area (Å²) in [5, 5.41) is 0. The quantitative estimate of drug-likeness (QED) is 0.847. The van der Waals surface area contributed by atoms with Crippen molar-refractivity contribution in [3.63, 3.8) is 0 Å². The molecule has 0 aliphatic carbocycles. The van der Waals surface area contributed by atoms with E-state index in [1.54, 1.807) is 29.9 Å². The molecule has 0 radical (unpaired) electrons. The third-order valence-corrected chi connectivity index (χ3v) is 5.10. The molecule has 0 spiro atoms. The lowest BCUT2D eigenvalue weighted by atomic mass is 10.0. The lowest BCUT2D eigenvalue weighted by Crippen LogP contribution is -2.29. The Morgan fingerprint density at radius 3 is 2.46 bits per heavy atom. The van der Waals surface area contributed by atoms with Crippen LogP contribution < -0.4 is 9.64 Å². The molecule has 1 aliphatic heterocycles. The van der Waals surface area contributed by atoms with Crippen LogP contribution in [0, 0.1) is 0 Å². The number of amides is 2. The highest BCUT2D eigenvalue weighted by atomic mass is 16.5. The van der Waals surface area contributed by atoms with Gasteiger partial charge in [0.05, 0.1) is 13.2 Å². The first-order valence-electron chi connectivity index (χ1n) is 8.74. The van der Waals surface area contributed by atoms with Gasteiger partial charge in [-0.1, -0.05) is 12.1 Å². The highest BCUT2D eigenvalue weighted by Crippen LogP contribution is 2.30. The highest BCUT2D eigenvalue weighted by Gasteiger charge is 2.25. The van der Waals surface area contributed by atoms with E-state index >= 15 is 0 Å². The van der Waals surface area contributed by atoms with Gasteiger partial charge in [0.15, 0.2) is 0 Å². The van der Waals surface area contributed by atoms with Gasteiger partial charge < -0.3 is 14.5 Å². The molecule has 0 bridgehead atoms. The van der Waals surface area contributed by atoms with Crippen molar-refractivity contribution in [3.8, 4) is 5.75 Å². The van der Waals surface area contributed by atoms with Crippen molar-refractivity contribution in [1.82, 2.24) is 4.90 Å². The summed E-state index contributed by atoms with van der Waals surface area (Å²) in [5.74, 6) is 0.800. The van der Waals surface area contributed by atoms with Crippen LogP contribution in [0.2, 0.25) is 0 Å². The fourth-order valence-corrected chi connectivity index (χ4v) is 3.35. The van der Waals surface area contributed by atoms with Crippen LogP contribution >= 0.6 is 0 Å². The van der Waals surface area contributed by atoms with E-state index in [1.165, 1.54) is 0 Å². The minimum Gasteiger partial charge on any atom is -0.497 e. The van der Waals surface area contributed by atoms with Gasteiger partial charge >= 0.3 is 0 Å². The number of carbonyl (C=O) groups is 2. The summed E-state index contributed by atoms with van der Waals surface area (Å²) in [7, 11) is 3.45. The number of anilines is 1. The Hall–Kier alpha value is -2.82. The van der Waals surface area contributed by atoms with Gasteiger partial charge in [-0.05, 0) is 54.8 Å². The van der Waals surface area contributed by atoms with Crippen LogP contribution in [0.4, 0.5) is 5.69 Å². The standard InChI is InChI=1S/C21H24N2O3/c1-14(16-5-8-19(26-4)9-6-16)22(3)21(25)18-7-10-20-17(13-18)11-12-23(20)15(2)24/h5-10,13-14H,11-12H2,1-4H3. The topological polar surface area (TPSA) is 49.9 Å². The summed E-state index contributed by atoms with van der Waals surface area (Å²) < 4.78 is 5.19. The predicted molar refractivity (Wildman–Crippen MR) is 102 cm³/mol. The lowest BCUT2D eigenvalue weighted by molar-refractivity contribution is -0.116. The summed E-state index contributed by atoms with van der Waals surface area (Å²) in [6.45, 7) is 4.25. The largest absolute Gasteiger partial charge is 0.497 e. The molecule has 0 aromatic heterocycles. The van der Waals surface area contributed by atoms with Crippen LogP contribution in [0.5, 0.6) is 5.75 Å². The first-order chi connectivity index (χ1) is 12.4. The molecule has 1 unspecified atom stereocenters. The first kappa shape index (κ1) is 18.0. The Labute approximate surface area is 154 Å². The molecular weight excluding hydrogens is 328 g/mol. The van der Waals surface area contributed by atoms with Crippen LogP contribution in [0.3, 0.4) is 0 Å². The maximum atomic E-state index is 12.9. The van der Waals surface area contributed by atoms with Gasteiger partial charge in [-0.25, -0.2) is 0 Å². The average molecular weight is 352 g/mol. The van der Waals surface area contributed by atoms with E-state index in [4.69, 9.17) is 4.74 Å². The van der Waals surface area contributed by atoms with Gasteiger partial charge in [-0.3, -0.25) is 9.59 Å². The van der Waals surface area contributed by atoms with E-state index < -0.39 is 0 Å². The fourth-order valence-electron chi connectivity index (χ4n) is 3.35. The molecule has 2 aromatic rings. The van der Waals surface area contributed by atoms with Gasteiger partial charge in [0.1, 0.15) is 5.75 Å². The lowest BCUT2D eigenvalue weighted by Gasteiger charge is -2.26. The van der Waals surface area contributed by atoms with Crippen molar-refractivity contribution in [2.45, 2.75) is 26.3 Å². The van der Waals surface area contributed by atoms with Gasteiger partial charge in [0, 0.05) is 31.8 Å². The summed E-state index contributed by atoms with van der Waals surface area (Å²) in [6.07, 6.45) is 0.785. The molecule has 0 N–H and O–H groups in total. The van der Waals surface area contributed by atoms with Crippen LogP contribution in [0.25, 0.3) is 0 Å². The van der Waals surface area contributed by atoms with Crippen LogP contribution in [-0.2, 0) is 11.2 Å². The number of hydrogen-bond donors (Lipinski definition) is 0. The first-order valence-corrected chi connectivity index (χ1v) is 8.74. The molecule has 26 heavy (non-hydrogen) atoms. The zero-order chi connectivity index (χ0) is 18.8. The van der Waals surface area contributed by atoms with E-state index in [0.29, 0.717) is 12.1 Å². The Kier molecular flexibility index (Phi) is 4.98. The minimum atomic E-state index is -0.0598. The number of fused-ring (bicyclic) bond motifs is 1. The van der Waals surface area contributed by atoms with Crippen LogP contribution in [0.15, 0.2) is 42.5 Å². The Morgan fingerprint density at radius 1 is 1.15 bits per heavy atom. The zero-order valence-corrected chi connectivity index (χ0v) is 15.7. The molecular formula is C21H24N2O3. The summed E-state index contributed by atoms with van der Waals surface area (Å²) >= 11 is 0. The van der Waals surface area contributed by atoms with E-state index in [-0.39, 0.29) is 17.9 Å². The molecule has 0 saturated heterocycles. The van der Waals surface area contributed by atoms with Gasteiger partial charge in [0.25, 0.3) is 5.91 Å². The molecule has 5 nitrogen and oxygen atoms in total. The molecule has 0 saturated carbocycles. The SMILES string of the molecule is COc1ccc(C(C)N(C)C(=O)c2ccc3c(c2)CCN3C(C)=O)cc1. The summed E-state index contributed by atoms with van der Waals surface area (Å²) in [4.78, 5) is 28.1. The maximum Gasteiger partial charge on any atom is 0.254 e. The second-order valence-electron chi connectivity index (χ2n) is 6.63. The number of nitrogens with zero attached hydrogens (tertiary/aromatic N) is 2. The van der Waals surface area contributed by atoms with E-state index in [1.807, 2.05) is 50.4 Å². The Morgan fingerprint density at radius 2 is 1.85 bits per heavy atom. The molecule has 2 amide bonds. The minimum absolute atomic E-state index is 0.0302. The van der Waals surface area contributed by atoms with Crippen molar-refractivity contribution in [2.24, 2.45) is 0 Å². The Bertz CT molecular complexity index is 830. The van der Waals surface area contributed by atoms with E-state index in [0.717, 1.165) is 29.0 Å². The van der Waals surface area contributed by atoms with Gasteiger partial charge in [-0.2, -0.15) is 0 Å². The maximum absolute atomic E-state index is 12.9. The number of methoxy groups -OCH3 is 1. The Balaban J connectivity index is 1.79. The van der Waals surface area contributed by atoms with Gasteiger partial charge in [-0.15, -0.1) is 0 Å². The number of hydrogen-bond acceptors (Lipinski definition) is 3. The predicted octanol–water partition coefficient (Wildman–Crippen LogP) is 3.44. The monoisotopic (exact) mass is 352 g/mol. The second-order valence-corrected chi connectivity index (χ2v) is 6.63. The normalized spacial score (nSPS) is 13.9. The molecule has 1 heterocycles. The average Bonchev–Trinajstić information content (AvgIpc) is 3.09. The van der Waals surface area contributed by atoms with Gasteiger partial charge in [0.2, 0.25) is 5.91 Å². The smallest absolute Gasteiger partial charge is 0.254 e. The van der Waals surface area contributed by atoms with Crippen molar-refractivity contribution in [1.29, 1.82) is 0 Å². The summed E-state index contributed by atoms with van der Waals surface area (Å²) in [5.41, 5.74) is 3.67. The van der Waals surface area contributed by atoms with Crippen molar-refractivity contribution >= 4 is 17.5 Å². The molecule has 3 rings (SSSR count). The zero-order valence-electron chi connectivity index (χ0n) is 15.7. The molecule has 2 aromatic carbocycles. The molecule has 136 valence electrons. The molecule has 5 heteroatoms. The summed E-state index contributed by atoms with van der Waals surface area (Å²) in [6, 6.07) is 13.3. The third kappa shape index (κ3) is 3.29. The second kappa shape index (κ2) is 7.20. The third-order valence-electron chi connectivity index (χ3n) is 5.10. The molecule has 0 fully saturated rings. The van der Waals surface area contributed by atoms with Crippen LogP contribution in [0.1, 0.15) is 41.4 Å². The number of benzene rings is 2. The van der Waals surface area contributed by atoms with E-state index in [2.05, 4.69) is 0 Å². The van der Waals surface area contributed by atoms with Crippen LogP contribution in [-0.4, -0.2) is 37.4 Å². The van der Waals surface area contributed by atoms with Crippen molar-refractivity contribution < 1.29 is 14.3 Å². The molecule has 1 atom stereocenters. The van der Waals surface area contributed by atoms with Crippen molar-refractivity contribution in [2.75, 3.05) is 25.6 Å². The van der Waals surface area contributed by atoms with E-state index in [9.17, 15) is 9.59 Å². The fraction of sp³-hybridized carbons (Fsp3) is 0.333. The van der Waals surface area contributed by atoms with Crippen molar-refractivity contribution in [3.05, 3.63) is 59.2 Å².